The third kappa shape index (κ3) is 4.55. The van der Waals surface area contributed by atoms with E-state index in [1.165, 1.54) is 24.4 Å². The second-order valence-electron chi connectivity index (χ2n) is 8.03. The van der Waals surface area contributed by atoms with Crippen LogP contribution in [0.25, 0.3) is 34.0 Å². The molecule has 10 heteroatoms. The number of nitrogens with two attached hydrogens (primary N) is 1. The molecule has 0 fully saturated rings. The molecule has 2 aromatic carbocycles. The first-order valence-electron chi connectivity index (χ1n) is 10.6. The van der Waals surface area contributed by atoms with Gasteiger partial charge in [-0.2, -0.15) is 0 Å². The third-order valence-corrected chi connectivity index (χ3v) is 7.50. The fraction of sp³-hybridized carbons (Fsp3) is 0.208. The molecule has 2 heterocycles. The predicted molar refractivity (Wildman–Crippen MR) is 128 cm³/mol. The van der Waals surface area contributed by atoms with E-state index in [2.05, 4.69) is 20.4 Å². The largest absolute Gasteiger partial charge is 0.382 e. The van der Waals surface area contributed by atoms with E-state index < -0.39 is 20.9 Å². The summed E-state index contributed by atoms with van der Waals surface area (Å²) in [6, 6.07) is 12.8. The first-order valence-corrected chi connectivity index (χ1v) is 12.1. The van der Waals surface area contributed by atoms with Gasteiger partial charge in [0.25, 0.3) is 0 Å². The standard InChI is InChI=1S/C24H24FN5O3S/c1-14(2)34(31,32)17-7-5-16(6-8-17)21-13-28-24(26)23(29-21)22-11-20(30-33-22)18-9-4-15(12-27-3)10-19(18)25/h4-11,13-14,27H,12H2,1-3H3,(H2,26,28). The SMILES string of the molecule is CNCc1ccc(-c2cc(-c3nc(-c4ccc(S(=O)(=O)C(C)C)cc4)cnc3N)on2)c(F)c1. The highest BCUT2D eigenvalue weighted by Gasteiger charge is 2.20. The second-order valence-corrected chi connectivity index (χ2v) is 10.5. The van der Waals surface area contributed by atoms with Crippen molar-refractivity contribution < 1.29 is 17.3 Å². The van der Waals surface area contributed by atoms with Crippen molar-refractivity contribution in [2.75, 3.05) is 12.8 Å². The van der Waals surface area contributed by atoms with Crippen molar-refractivity contribution in [2.24, 2.45) is 0 Å². The molecular formula is C24H24FN5O3S. The lowest BCUT2D eigenvalue weighted by atomic mass is 10.1. The molecule has 0 aliphatic rings. The lowest BCUT2D eigenvalue weighted by molar-refractivity contribution is 0.433. The summed E-state index contributed by atoms with van der Waals surface area (Å²) in [6.45, 7) is 3.81. The summed E-state index contributed by atoms with van der Waals surface area (Å²) < 4.78 is 44.7. The number of halogens is 1. The minimum Gasteiger partial charge on any atom is -0.382 e. The molecule has 0 unspecified atom stereocenters. The van der Waals surface area contributed by atoms with Gasteiger partial charge in [-0.05, 0) is 50.7 Å². The van der Waals surface area contributed by atoms with Crippen LogP contribution in [0.3, 0.4) is 0 Å². The molecule has 0 amide bonds. The normalized spacial score (nSPS) is 11.8. The highest BCUT2D eigenvalue weighted by Crippen LogP contribution is 2.31. The quantitative estimate of drug-likeness (QED) is 0.404. The minimum atomic E-state index is -3.38. The molecule has 4 rings (SSSR count). The van der Waals surface area contributed by atoms with Gasteiger partial charge in [-0.1, -0.05) is 23.4 Å². The van der Waals surface area contributed by atoms with Crippen molar-refractivity contribution >= 4 is 15.7 Å². The zero-order valence-corrected chi connectivity index (χ0v) is 19.7. The fourth-order valence-electron chi connectivity index (χ4n) is 3.40. The Labute approximate surface area is 197 Å². The average Bonchev–Trinajstić information content (AvgIpc) is 3.29. The van der Waals surface area contributed by atoms with Crippen molar-refractivity contribution in [3.63, 3.8) is 0 Å². The van der Waals surface area contributed by atoms with E-state index >= 15 is 0 Å². The summed E-state index contributed by atoms with van der Waals surface area (Å²) in [5, 5.41) is 6.43. The van der Waals surface area contributed by atoms with Crippen molar-refractivity contribution in [1.29, 1.82) is 0 Å². The molecule has 0 spiro atoms. The van der Waals surface area contributed by atoms with Crippen molar-refractivity contribution in [1.82, 2.24) is 20.4 Å². The van der Waals surface area contributed by atoms with E-state index in [4.69, 9.17) is 10.3 Å². The molecule has 0 aliphatic heterocycles. The van der Waals surface area contributed by atoms with Gasteiger partial charge < -0.3 is 15.6 Å². The number of benzene rings is 2. The van der Waals surface area contributed by atoms with Gasteiger partial charge >= 0.3 is 0 Å². The Morgan fingerprint density at radius 1 is 1.09 bits per heavy atom. The van der Waals surface area contributed by atoms with Crippen molar-refractivity contribution in [3.05, 3.63) is 66.1 Å². The monoisotopic (exact) mass is 481 g/mol. The summed E-state index contributed by atoms with van der Waals surface area (Å²) in [7, 11) is -1.59. The molecule has 3 N–H and O–H groups in total. The predicted octanol–water partition coefficient (Wildman–Crippen LogP) is 4.09. The van der Waals surface area contributed by atoms with Gasteiger partial charge in [0, 0.05) is 23.7 Å². The number of rotatable bonds is 7. The number of nitrogens with zero attached hydrogens (tertiary/aromatic N) is 3. The number of sulfone groups is 1. The average molecular weight is 482 g/mol. The molecule has 0 radical (unpaired) electrons. The molecule has 0 aliphatic carbocycles. The molecule has 2 aromatic heterocycles. The van der Waals surface area contributed by atoms with Gasteiger partial charge in [0.2, 0.25) is 0 Å². The van der Waals surface area contributed by atoms with E-state index in [9.17, 15) is 12.8 Å². The summed E-state index contributed by atoms with van der Waals surface area (Å²) in [6.07, 6.45) is 1.49. The highest BCUT2D eigenvalue weighted by molar-refractivity contribution is 7.92. The minimum absolute atomic E-state index is 0.121. The Morgan fingerprint density at radius 3 is 2.47 bits per heavy atom. The van der Waals surface area contributed by atoms with Crippen LogP contribution in [0.2, 0.25) is 0 Å². The van der Waals surface area contributed by atoms with Crippen LogP contribution in [0.5, 0.6) is 0 Å². The Kier molecular flexibility index (Phi) is 6.45. The van der Waals surface area contributed by atoms with Gasteiger partial charge in [0.05, 0.1) is 22.0 Å². The third-order valence-electron chi connectivity index (χ3n) is 5.33. The smallest absolute Gasteiger partial charge is 0.189 e. The van der Waals surface area contributed by atoms with Gasteiger partial charge in [-0.25, -0.2) is 22.8 Å². The van der Waals surface area contributed by atoms with Crippen LogP contribution < -0.4 is 11.1 Å². The number of nitrogen functional groups attached to an aromatic ring is 1. The Bertz CT molecular complexity index is 1430. The number of anilines is 1. The maximum absolute atomic E-state index is 14.6. The molecule has 0 bridgehead atoms. The number of hydrogen-bond donors (Lipinski definition) is 2. The summed E-state index contributed by atoms with van der Waals surface area (Å²) >= 11 is 0. The van der Waals surface area contributed by atoms with E-state index in [0.29, 0.717) is 29.1 Å². The van der Waals surface area contributed by atoms with Gasteiger partial charge in [-0.15, -0.1) is 0 Å². The molecule has 176 valence electrons. The molecule has 34 heavy (non-hydrogen) atoms. The maximum Gasteiger partial charge on any atom is 0.189 e. The first-order chi connectivity index (χ1) is 16.2. The number of nitrogens with one attached hydrogen (secondary N) is 1. The molecule has 0 saturated carbocycles. The lowest BCUT2D eigenvalue weighted by Gasteiger charge is -2.09. The van der Waals surface area contributed by atoms with Crippen LogP contribution in [0, 0.1) is 5.82 Å². The zero-order chi connectivity index (χ0) is 24.5. The van der Waals surface area contributed by atoms with Gasteiger partial charge in [0.1, 0.15) is 11.5 Å². The summed E-state index contributed by atoms with van der Waals surface area (Å²) in [5.41, 5.74) is 8.80. The molecule has 4 aromatic rings. The van der Waals surface area contributed by atoms with Crippen molar-refractivity contribution in [2.45, 2.75) is 30.5 Å². The maximum atomic E-state index is 14.6. The van der Waals surface area contributed by atoms with Crippen LogP contribution in [-0.2, 0) is 16.4 Å². The summed E-state index contributed by atoms with van der Waals surface area (Å²) in [4.78, 5) is 8.96. The van der Waals surface area contributed by atoms with E-state index in [-0.39, 0.29) is 22.2 Å². The fourth-order valence-corrected chi connectivity index (χ4v) is 4.46. The van der Waals surface area contributed by atoms with Crippen LogP contribution in [0.15, 0.2) is 64.1 Å². The van der Waals surface area contributed by atoms with E-state index in [0.717, 1.165) is 5.56 Å². The first kappa shape index (κ1) is 23.5. The van der Waals surface area contributed by atoms with Crippen LogP contribution in [0.1, 0.15) is 19.4 Å². The zero-order valence-electron chi connectivity index (χ0n) is 18.9. The van der Waals surface area contributed by atoms with E-state index in [1.807, 2.05) is 0 Å². The van der Waals surface area contributed by atoms with E-state index in [1.54, 1.807) is 51.2 Å². The second kappa shape index (κ2) is 9.32. The number of aromatic nitrogens is 3. The Balaban J connectivity index is 1.66. The van der Waals surface area contributed by atoms with Crippen LogP contribution in [-0.4, -0.2) is 35.8 Å². The molecule has 0 saturated heterocycles. The summed E-state index contributed by atoms with van der Waals surface area (Å²) in [5.74, 6) is -0.0632. The topological polar surface area (TPSA) is 124 Å². The molecule has 0 atom stereocenters. The van der Waals surface area contributed by atoms with Crippen LogP contribution in [0.4, 0.5) is 10.2 Å². The Hall–Kier alpha value is -3.63. The Morgan fingerprint density at radius 2 is 1.82 bits per heavy atom. The van der Waals surface area contributed by atoms with Crippen molar-refractivity contribution in [3.8, 4) is 34.0 Å². The molecular weight excluding hydrogens is 457 g/mol. The lowest BCUT2D eigenvalue weighted by Crippen LogP contribution is -2.13. The highest BCUT2D eigenvalue weighted by atomic mass is 32.2. The molecule has 8 nitrogen and oxygen atoms in total. The van der Waals surface area contributed by atoms with Gasteiger partial charge in [-0.3, -0.25) is 0 Å². The van der Waals surface area contributed by atoms with Gasteiger partial charge in [0.15, 0.2) is 27.1 Å². The van der Waals surface area contributed by atoms with Crippen LogP contribution >= 0.6 is 0 Å². The number of hydrogen-bond acceptors (Lipinski definition) is 8.